The van der Waals surface area contributed by atoms with Crippen molar-refractivity contribution in [3.8, 4) is 0 Å². The second-order valence-corrected chi connectivity index (χ2v) is 11.7. The highest BCUT2D eigenvalue weighted by molar-refractivity contribution is 5.69. The van der Waals surface area contributed by atoms with Crippen molar-refractivity contribution in [2.45, 2.75) is 193 Å². The molecule has 0 bridgehead atoms. The van der Waals surface area contributed by atoms with Gasteiger partial charge >= 0.3 is 11.9 Å². The number of esters is 1. The number of hydrogen-bond donors (Lipinski definition) is 1. The van der Waals surface area contributed by atoms with Crippen LogP contribution >= 0.6 is 0 Å². The molecule has 0 aromatic carbocycles. The van der Waals surface area contributed by atoms with E-state index in [1.165, 1.54) is 89.9 Å². The first-order chi connectivity index (χ1) is 19.6. The Bertz CT molecular complexity index is 610. The molecule has 234 valence electrons. The Morgan fingerprint density at radius 3 is 1.52 bits per heavy atom. The summed E-state index contributed by atoms with van der Waals surface area (Å²) < 4.78 is 5.92. The quantitative estimate of drug-likeness (QED) is 0.0518. The smallest absolute Gasteiger partial charge is 0.306 e. The number of carboxylic acids is 1. The van der Waals surface area contributed by atoms with Crippen molar-refractivity contribution < 1.29 is 19.4 Å². The molecule has 0 aromatic heterocycles. The van der Waals surface area contributed by atoms with Crippen molar-refractivity contribution in [1.82, 2.24) is 0 Å². The monoisotopic (exact) mass is 562 g/mol. The van der Waals surface area contributed by atoms with E-state index in [4.69, 9.17) is 9.84 Å². The maximum atomic E-state index is 12.5. The molecule has 4 heteroatoms. The predicted octanol–water partition coefficient (Wildman–Crippen LogP) is 11.7. The van der Waals surface area contributed by atoms with E-state index in [0.717, 1.165) is 70.6 Å². The fourth-order valence-corrected chi connectivity index (χ4v) is 5.10. The van der Waals surface area contributed by atoms with E-state index in [-0.39, 0.29) is 18.5 Å². The van der Waals surface area contributed by atoms with E-state index in [0.29, 0.717) is 6.42 Å². The number of hydrogen-bond acceptors (Lipinski definition) is 3. The van der Waals surface area contributed by atoms with Crippen LogP contribution in [-0.2, 0) is 14.3 Å². The third-order valence-corrected chi connectivity index (χ3v) is 7.68. The highest BCUT2D eigenvalue weighted by Crippen LogP contribution is 2.18. The molecule has 0 spiro atoms. The number of carbonyl (C=O) groups excluding carboxylic acids is 1. The number of unbranched alkanes of at least 4 members (excludes halogenated alkanes) is 18. The number of carboxylic acid groups (broad SMARTS) is 1. The topological polar surface area (TPSA) is 63.6 Å². The lowest BCUT2D eigenvalue weighted by molar-refractivity contribution is -0.150. The SMILES string of the molecule is CCCCC/C=C\C/C=C\CCCCCCCCCC(=O)OC(CCCCCCC)CCCCCCCC(=O)O. The Hall–Kier alpha value is -1.58. The molecule has 0 heterocycles. The predicted molar refractivity (Wildman–Crippen MR) is 172 cm³/mol. The van der Waals surface area contributed by atoms with Crippen LogP contribution in [0.2, 0.25) is 0 Å². The van der Waals surface area contributed by atoms with Crippen LogP contribution in [0.5, 0.6) is 0 Å². The van der Waals surface area contributed by atoms with Crippen LogP contribution in [0, 0.1) is 0 Å². The molecule has 0 rings (SSSR count). The van der Waals surface area contributed by atoms with Crippen molar-refractivity contribution in [3.05, 3.63) is 24.3 Å². The number of rotatable bonds is 31. The van der Waals surface area contributed by atoms with Gasteiger partial charge in [0.2, 0.25) is 0 Å². The van der Waals surface area contributed by atoms with Crippen LogP contribution in [0.4, 0.5) is 0 Å². The van der Waals surface area contributed by atoms with E-state index in [1.807, 2.05) is 0 Å². The summed E-state index contributed by atoms with van der Waals surface area (Å²) >= 11 is 0. The summed E-state index contributed by atoms with van der Waals surface area (Å²) in [5.41, 5.74) is 0. The molecule has 0 aliphatic rings. The lowest BCUT2D eigenvalue weighted by atomic mass is 10.0. The molecular formula is C36H66O4. The maximum Gasteiger partial charge on any atom is 0.306 e. The normalized spacial score (nSPS) is 12.4. The molecule has 0 aromatic rings. The Morgan fingerprint density at radius 2 is 0.975 bits per heavy atom. The summed E-state index contributed by atoms with van der Waals surface area (Å²) in [6.45, 7) is 4.48. The molecule has 0 saturated heterocycles. The number of allylic oxidation sites excluding steroid dienone is 4. The van der Waals surface area contributed by atoms with Crippen molar-refractivity contribution >= 4 is 11.9 Å². The lowest BCUT2D eigenvalue weighted by Gasteiger charge is -2.18. The van der Waals surface area contributed by atoms with Crippen LogP contribution < -0.4 is 0 Å². The molecular weight excluding hydrogens is 496 g/mol. The zero-order valence-corrected chi connectivity index (χ0v) is 26.7. The van der Waals surface area contributed by atoms with E-state index in [2.05, 4.69) is 38.2 Å². The average Bonchev–Trinajstić information content (AvgIpc) is 2.93. The Morgan fingerprint density at radius 1 is 0.550 bits per heavy atom. The standard InChI is InChI=1S/C36H66O4/c1-3-5-7-9-10-11-12-13-14-15-16-17-18-19-20-25-29-33-36(39)40-34(30-26-22-8-6-4-2)31-27-23-21-24-28-32-35(37)38/h10-11,13-14,34H,3-9,12,15-33H2,1-2H3,(H,37,38)/b11-10-,14-13-. The van der Waals surface area contributed by atoms with Crippen molar-refractivity contribution in [3.63, 3.8) is 0 Å². The van der Waals surface area contributed by atoms with Gasteiger partial charge in [0.25, 0.3) is 0 Å². The van der Waals surface area contributed by atoms with Gasteiger partial charge in [0.15, 0.2) is 0 Å². The molecule has 0 amide bonds. The molecule has 4 nitrogen and oxygen atoms in total. The molecule has 1 N–H and O–H groups in total. The molecule has 0 aliphatic heterocycles. The van der Waals surface area contributed by atoms with E-state index in [9.17, 15) is 9.59 Å². The number of carbonyl (C=O) groups is 2. The Balaban J connectivity index is 3.85. The molecule has 0 radical (unpaired) electrons. The van der Waals surface area contributed by atoms with Crippen LogP contribution in [0.15, 0.2) is 24.3 Å². The first-order valence-electron chi connectivity index (χ1n) is 17.3. The minimum Gasteiger partial charge on any atom is -0.481 e. The van der Waals surface area contributed by atoms with Gasteiger partial charge in [-0.25, -0.2) is 0 Å². The first kappa shape index (κ1) is 38.4. The summed E-state index contributed by atoms with van der Waals surface area (Å²) in [6, 6.07) is 0. The molecule has 0 saturated carbocycles. The van der Waals surface area contributed by atoms with Crippen LogP contribution in [0.1, 0.15) is 187 Å². The lowest BCUT2D eigenvalue weighted by Crippen LogP contribution is -2.18. The summed E-state index contributed by atoms with van der Waals surface area (Å²) in [7, 11) is 0. The molecule has 1 atom stereocenters. The van der Waals surface area contributed by atoms with Gasteiger partial charge in [-0.1, -0.05) is 128 Å². The van der Waals surface area contributed by atoms with Gasteiger partial charge in [0.05, 0.1) is 0 Å². The number of aliphatic carboxylic acids is 1. The highest BCUT2D eigenvalue weighted by atomic mass is 16.5. The van der Waals surface area contributed by atoms with Gasteiger partial charge in [0.1, 0.15) is 6.10 Å². The van der Waals surface area contributed by atoms with Crippen molar-refractivity contribution in [2.75, 3.05) is 0 Å². The molecule has 1 unspecified atom stereocenters. The third kappa shape index (κ3) is 31.0. The third-order valence-electron chi connectivity index (χ3n) is 7.68. The Labute approximate surface area is 248 Å². The van der Waals surface area contributed by atoms with E-state index in [1.54, 1.807) is 0 Å². The summed E-state index contributed by atoms with van der Waals surface area (Å²) in [5.74, 6) is -0.715. The summed E-state index contributed by atoms with van der Waals surface area (Å²) in [6.07, 6.45) is 39.1. The maximum absolute atomic E-state index is 12.5. The molecule has 0 fully saturated rings. The fraction of sp³-hybridized carbons (Fsp3) is 0.833. The van der Waals surface area contributed by atoms with E-state index < -0.39 is 5.97 Å². The molecule has 0 aliphatic carbocycles. The van der Waals surface area contributed by atoms with Crippen molar-refractivity contribution in [1.29, 1.82) is 0 Å². The van der Waals surface area contributed by atoms with Gasteiger partial charge in [0, 0.05) is 12.8 Å². The fourth-order valence-electron chi connectivity index (χ4n) is 5.10. The van der Waals surface area contributed by atoms with Gasteiger partial charge < -0.3 is 9.84 Å². The highest BCUT2D eigenvalue weighted by Gasteiger charge is 2.14. The van der Waals surface area contributed by atoms with Crippen LogP contribution in [-0.4, -0.2) is 23.1 Å². The zero-order chi connectivity index (χ0) is 29.4. The molecule has 40 heavy (non-hydrogen) atoms. The second kappa shape index (κ2) is 31.9. The van der Waals surface area contributed by atoms with Gasteiger partial charge in [-0.15, -0.1) is 0 Å². The van der Waals surface area contributed by atoms with Gasteiger partial charge in [-0.05, 0) is 70.6 Å². The van der Waals surface area contributed by atoms with Crippen LogP contribution in [0.3, 0.4) is 0 Å². The average molecular weight is 563 g/mol. The van der Waals surface area contributed by atoms with Gasteiger partial charge in [-0.3, -0.25) is 9.59 Å². The largest absolute Gasteiger partial charge is 0.481 e. The first-order valence-corrected chi connectivity index (χ1v) is 17.3. The Kier molecular flexibility index (Phi) is 30.7. The number of ether oxygens (including phenoxy) is 1. The summed E-state index contributed by atoms with van der Waals surface area (Å²) in [4.78, 5) is 23.1. The zero-order valence-electron chi connectivity index (χ0n) is 26.7. The van der Waals surface area contributed by atoms with Crippen molar-refractivity contribution in [2.24, 2.45) is 0 Å². The van der Waals surface area contributed by atoms with Gasteiger partial charge in [-0.2, -0.15) is 0 Å². The second-order valence-electron chi connectivity index (χ2n) is 11.7. The minimum atomic E-state index is -0.703. The van der Waals surface area contributed by atoms with E-state index >= 15 is 0 Å². The van der Waals surface area contributed by atoms with Crippen LogP contribution in [0.25, 0.3) is 0 Å². The minimum absolute atomic E-state index is 0.0115. The summed E-state index contributed by atoms with van der Waals surface area (Å²) in [5, 5.41) is 8.75.